The van der Waals surface area contributed by atoms with Crippen LogP contribution in [0.4, 0.5) is 5.69 Å². The number of allylic oxidation sites excluding steroid dienone is 1. The van der Waals surface area contributed by atoms with Crippen LogP contribution in [0.25, 0.3) is 6.08 Å². The van der Waals surface area contributed by atoms with E-state index < -0.39 is 0 Å². The summed E-state index contributed by atoms with van der Waals surface area (Å²) in [5.74, 6) is 2.13. The molecule has 0 amide bonds. The van der Waals surface area contributed by atoms with Gasteiger partial charge >= 0.3 is 0 Å². The monoisotopic (exact) mass is 420 g/mol. The van der Waals surface area contributed by atoms with Gasteiger partial charge in [0.05, 0.1) is 0 Å². The Balaban J connectivity index is 1.32. The zero-order valence-corrected chi connectivity index (χ0v) is 19.5. The van der Waals surface area contributed by atoms with Crippen LogP contribution in [0, 0.1) is 11.8 Å². The summed E-state index contributed by atoms with van der Waals surface area (Å²) in [5.41, 5.74) is 2.43. The van der Waals surface area contributed by atoms with E-state index in [-0.39, 0.29) is 5.78 Å². The van der Waals surface area contributed by atoms with Gasteiger partial charge in [0.1, 0.15) is 0 Å². The van der Waals surface area contributed by atoms with E-state index in [2.05, 4.69) is 41.1 Å². The Bertz CT molecular complexity index is 791. The molecule has 2 unspecified atom stereocenters. The van der Waals surface area contributed by atoms with Gasteiger partial charge in [-0.3, -0.25) is 9.69 Å². The lowest BCUT2D eigenvalue weighted by Gasteiger charge is -2.56. The molecule has 4 aliphatic rings. The molecule has 0 N–H and O–H groups in total. The van der Waals surface area contributed by atoms with Gasteiger partial charge in [-0.1, -0.05) is 43.9 Å². The van der Waals surface area contributed by atoms with E-state index in [9.17, 15) is 4.79 Å². The minimum Gasteiger partial charge on any atom is -0.371 e. The van der Waals surface area contributed by atoms with Crippen LogP contribution in [-0.4, -0.2) is 41.9 Å². The van der Waals surface area contributed by atoms with Crippen LogP contribution >= 0.6 is 0 Å². The van der Waals surface area contributed by atoms with Crippen LogP contribution in [0.1, 0.15) is 83.1 Å². The smallest absolute Gasteiger partial charge is 0.152 e. The second kappa shape index (κ2) is 9.10. The van der Waals surface area contributed by atoms with Crippen molar-refractivity contribution in [2.75, 3.05) is 11.9 Å². The van der Waals surface area contributed by atoms with Crippen molar-refractivity contribution in [3.05, 3.63) is 35.9 Å². The molecule has 31 heavy (non-hydrogen) atoms. The fourth-order valence-corrected chi connectivity index (χ4v) is 7.59. The number of hydrogen-bond acceptors (Lipinski definition) is 3. The third kappa shape index (κ3) is 4.49. The Labute approximate surface area is 188 Å². The number of carbonyl (C=O) groups excluding carboxylic acids is 1. The molecule has 1 aromatic carbocycles. The first-order valence-electron chi connectivity index (χ1n) is 12.9. The predicted octanol–water partition coefficient (Wildman–Crippen LogP) is 6.08. The molecule has 5 rings (SSSR count). The van der Waals surface area contributed by atoms with E-state index in [1.165, 1.54) is 76.3 Å². The highest BCUT2D eigenvalue weighted by Gasteiger charge is 2.45. The van der Waals surface area contributed by atoms with Crippen molar-refractivity contribution in [3.63, 3.8) is 0 Å². The standard InChI is InChI=1S/C28H40N2O/c1-20(31)13-14-23-9-3-4-12-28(23)29(2)26-18-24-10-6-11-25(19-26)30(24)27-16-21-7-5-8-22(15-21)17-27/h3-4,9,12-14,21-22,24-27H,5-8,10-11,15-19H2,1-2H3/b14-13+/t21-,22+,24-,25+,26?,27?. The van der Waals surface area contributed by atoms with Crippen molar-refractivity contribution < 1.29 is 4.79 Å². The largest absolute Gasteiger partial charge is 0.371 e. The fraction of sp³-hybridized carbons (Fsp3) is 0.679. The van der Waals surface area contributed by atoms with Crippen LogP contribution in [0.15, 0.2) is 30.3 Å². The van der Waals surface area contributed by atoms with Crippen LogP contribution in [0.5, 0.6) is 0 Å². The normalized spacial score (nSPS) is 35.8. The summed E-state index contributed by atoms with van der Waals surface area (Å²) in [6, 6.07) is 11.6. The minimum atomic E-state index is 0.109. The lowest BCUT2D eigenvalue weighted by Crippen LogP contribution is -2.61. The SMILES string of the molecule is CC(=O)/C=C/c1ccccc1N(C)C1C[C@H]2CCC[C@@H](C1)N2C1C[C@H]2CCC[C@@H](C1)C2. The first kappa shape index (κ1) is 21.2. The van der Waals surface area contributed by atoms with Crippen molar-refractivity contribution in [3.8, 4) is 0 Å². The summed E-state index contributed by atoms with van der Waals surface area (Å²) in [4.78, 5) is 17.1. The van der Waals surface area contributed by atoms with Crippen molar-refractivity contribution in [2.24, 2.45) is 11.8 Å². The predicted molar refractivity (Wildman–Crippen MR) is 129 cm³/mol. The van der Waals surface area contributed by atoms with Crippen molar-refractivity contribution in [1.82, 2.24) is 4.90 Å². The second-order valence-corrected chi connectivity index (χ2v) is 10.9. The lowest BCUT2D eigenvalue weighted by molar-refractivity contribution is -0.112. The summed E-state index contributed by atoms with van der Waals surface area (Å²) < 4.78 is 0. The van der Waals surface area contributed by atoms with Crippen molar-refractivity contribution >= 4 is 17.5 Å². The third-order valence-electron chi connectivity index (χ3n) is 8.89. The molecule has 0 spiro atoms. The second-order valence-electron chi connectivity index (χ2n) is 10.9. The molecule has 0 radical (unpaired) electrons. The highest BCUT2D eigenvalue weighted by atomic mass is 16.1. The average molecular weight is 421 g/mol. The molecule has 4 bridgehead atoms. The number of ketones is 1. The molecular formula is C28H40N2O. The first-order chi connectivity index (χ1) is 15.1. The van der Waals surface area contributed by atoms with Gasteiger partial charge in [0.15, 0.2) is 5.78 Å². The molecule has 2 aliphatic heterocycles. The van der Waals surface area contributed by atoms with E-state index in [4.69, 9.17) is 0 Å². The zero-order valence-electron chi connectivity index (χ0n) is 19.5. The number of benzene rings is 1. The van der Waals surface area contributed by atoms with Gasteiger partial charge in [-0.25, -0.2) is 0 Å². The summed E-state index contributed by atoms with van der Waals surface area (Å²) in [5, 5.41) is 0. The number of nitrogens with zero attached hydrogens (tertiary/aromatic N) is 2. The molecule has 2 aliphatic carbocycles. The number of rotatable bonds is 5. The topological polar surface area (TPSA) is 23.6 Å². The molecular weight excluding hydrogens is 380 g/mol. The number of para-hydroxylation sites is 1. The molecule has 1 aromatic rings. The quantitative estimate of drug-likeness (QED) is 0.539. The van der Waals surface area contributed by atoms with E-state index in [0.29, 0.717) is 6.04 Å². The van der Waals surface area contributed by atoms with Gasteiger partial charge < -0.3 is 4.90 Å². The maximum Gasteiger partial charge on any atom is 0.152 e. The minimum absolute atomic E-state index is 0.109. The van der Waals surface area contributed by atoms with Gasteiger partial charge in [-0.2, -0.15) is 0 Å². The van der Waals surface area contributed by atoms with Gasteiger partial charge in [0, 0.05) is 36.9 Å². The highest BCUT2D eigenvalue weighted by molar-refractivity contribution is 5.92. The third-order valence-corrected chi connectivity index (χ3v) is 8.89. The molecule has 168 valence electrons. The van der Waals surface area contributed by atoms with Crippen LogP contribution in [-0.2, 0) is 4.79 Å². The van der Waals surface area contributed by atoms with Crippen LogP contribution < -0.4 is 4.90 Å². The number of fused-ring (bicyclic) bond motifs is 4. The molecule has 2 heterocycles. The first-order valence-corrected chi connectivity index (χ1v) is 12.9. The summed E-state index contributed by atoms with van der Waals surface area (Å²) >= 11 is 0. The summed E-state index contributed by atoms with van der Waals surface area (Å²) in [6.07, 6.45) is 19.4. The van der Waals surface area contributed by atoms with E-state index >= 15 is 0 Å². The maximum atomic E-state index is 11.5. The molecule has 4 fully saturated rings. The van der Waals surface area contributed by atoms with Gasteiger partial charge in [0.25, 0.3) is 0 Å². The zero-order chi connectivity index (χ0) is 21.4. The number of carbonyl (C=O) groups is 1. The highest BCUT2D eigenvalue weighted by Crippen LogP contribution is 2.46. The number of anilines is 1. The van der Waals surface area contributed by atoms with E-state index in [1.807, 2.05) is 6.08 Å². The Morgan fingerprint density at radius 2 is 1.55 bits per heavy atom. The molecule has 3 nitrogen and oxygen atoms in total. The van der Waals surface area contributed by atoms with Crippen molar-refractivity contribution in [1.29, 1.82) is 0 Å². The van der Waals surface area contributed by atoms with Gasteiger partial charge in [0.2, 0.25) is 0 Å². The lowest BCUT2D eigenvalue weighted by atomic mass is 9.68. The van der Waals surface area contributed by atoms with E-state index in [0.717, 1.165) is 35.5 Å². The van der Waals surface area contributed by atoms with Crippen LogP contribution in [0.3, 0.4) is 0 Å². The van der Waals surface area contributed by atoms with Gasteiger partial charge in [-0.15, -0.1) is 0 Å². The van der Waals surface area contributed by atoms with Gasteiger partial charge in [-0.05, 0) is 87.5 Å². The number of piperidine rings is 2. The Hall–Kier alpha value is -1.61. The van der Waals surface area contributed by atoms with Crippen LogP contribution in [0.2, 0.25) is 0 Å². The summed E-state index contributed by atoms with van der Waals surface area (Å²) in [7, 11) is 2.28. The molecule has 2 saturated heterocycles. The number of hydrogen-bond donors (Lipinski definition) is 0. The Morgan fingerprint density at radius 1 is 0.903 bits per heavy atom. The Morgan fingerprint density at radius 3 is 2.23 bits per heavy atom. The molecule has 0 aromatic heterocycles. The average Bonchev–Trinajstić information content (AvgIpc) is 2.76. The fourth-order valence-electron chi connectivity index (χ4n) is 7.59. The molecule has 3 heteroatoms. The Kier molecular flexibility index (Phi) is 6.23. The molecule has 6 atom stereocenters. The maximum absolute atomic E-state index is 11.5. The van der Waals surface area contributed by atoms with Crippen molar-refractivity contribution in [2.45, 2.75) is 102 Å². The summed E-state index contributed by atoms with van der Waals surface area (Å²) in [6.45, 7) is 1.62. The molecule has 2 saturated carbocycles. The van der Waals surface area contributed by atoms with E-state index in [1.54, 1.807) is 13.0 Å².